The van der Waals surface area contributed by atoms with Crippen molar-refractivity contribution in [3.63, 3.8) is 0 Å². The van der Waals surface area contributed by atoms with Crippen LogP contribution in [0.15, 0.2) is 0 Å². The molecule has 0 aliphatic heterocycles. The standard InChI is InChI=1S/C7H12ClNO4/c1-5(13-6(2)10)9-3-7(11)12-4-8/h5,9H,3-4H2,1-2H3. The van der Waals surface area contributed by atoms with Gasteiger partial charge in [0.1, 0.15) is 0 Å². The first-order chi connectivity index (χ1) is 6.06. The highest BCUT2D eigenvalue weighted by molar-refractivity contribution is 6.17. The summed E-state index contributed by atoms with van der Waals surface area (Å²) in [5.41, 5.74) is 0. The predicted octanol–water partition coefficient (Wildman–Crippen LogP) is 0.225. The Morgan fingerprint density at radius 3 is 2.62 bits per heavy atom. The number of esters is 2. The fourth-order valence-electron chi connectivity index (χ4n) is 0.630. The highest BCUT2D eigenvalue weighted by atomic mass is 35.5. The van der Waals surface area contributed by atoms with Crippen LogP contribution in [0.4, 0.5) is 0 Å². The average Bonchev–Trinajstić information content (AvgIpc) is 2.00. The summed E-state index contributed by atoms with van der Waals surface area (Å²) in [5.74, 6) is -0.903. The zero-order chi connectivity index (χ0) is 10.3. The van der Waals surface area contributed by atoms with Crippen LogP contribution in [0, 0.1) is 0 Å². The van der Waals surface area contributed by atoms with Gasteiger partial charge in [0.2, 0.25) is 0 Å². The Morgan fingerprint density at radius 1 is 1.54 bits per heavy atom. The molecule has 5 nitrogen and oxygen atoms in total. The van der Waals surface area contributed by atoms with E-state index in [1.807, 2.05) is 0 Å². The lowest BCUT2D eigenvalue weighted by atomic mass is 10.5. The van der Waals surface area contributed by atoms with E-state index in [0.29, 0.717) is 0 Å². The van der Waals surface area contributed by atoms with Crippen molar-refractivity contribution >= 4 is 23.5 Å². The summed E-state index contributed by atoms with van der Waals surface area (Å²) >= 11 is 5.14. The van der Waals surface area contributed by atoms with Crippen LogP contribution in [-0.4, -0.2) is 30.8 Å². The van der Waals surface area contributed by atoms with Gasteiger partial charge in [0.25, 0.3) is 0 Å². The van der Waals surface area contributed by atoms with E-state index in [9.17, 15) is 9.59 Å². The number of halogens is 1. The smallest absolute Gasteiger partial charge is 0.321 e. The fourth-order valence-corrected chi connectivity index (χ4v) is 0.751. The zero-order valence-electron chi connectivity index (χ0n) is 7.50. The third kappa shape index (κ3) is 7.55. The lowest BCUT2D eigenvalue weighted by Crippen LogP contribution is -2.35. The molecule has 1 atom stereocenters. The number of alkyl halides is 1. The summed E-state index contributed by atoms with van der Waals surface area (Å²) in [6.45, 7) is 2.85. The molecule has 0 saturated carbocycles. The normalized spacial score (nSPS) is 11.9. The largest absolute Gasteiger partial charge is 0.448 e. The molecule has 0 aromatic heterocycles. The number of hydrogen-bond donors (Lipinski definition) is 1. The lowest BCUT2D eigenvalue weighted by molar-refractivity contribution is -0.149. The molecule has 0 rings (SSSR count). The van der Waals surface area contributed by atoms with Crippen LogP contribution in [0.25, 0.3) is 0 Å². The van der Waals surface area contributed by atoms with Crippen molar-refractivity contribution in [1.29, 1.82) is 0 Å². The summed E-state index contributed by atoms with van der Waals surface area (Å²) in [6.07, 6.45) is -0.514. The van der Waals surface area contributed by atoms with E-state index in [1.165, 1.54) is 6.92 Å². The molecule has 0 saturated heterocycles. The molecule has 1 N–H and O–H groups in total. The molecule has 0 bridgehead atoms. The first-order valence-electron chi connectivity index (χ1n) is 3.68. The minimum absolute atomic E-state index is 0.0405. The minimum atomic E-state index is -0.514. The Balaban J connectivity index is 3.51. The number of hydrogen-bond acceptors (Lipinski definition) is 5. The molecule has 0 aromatic rings. The number of rotatable bonds is 5. The Morgan fingerprint density at radius 2 is 2.15 bits per heavy atom. The minimum Gasteiger partial charge on any atom is -0.448 e. The van der Waals surface area contributed by atoms with E-state index in [1.54, 1.807) is 6.92 Å². The van der Waals surface area contributed by atoms with Crippen LogP contribution < -0.4 is 5.32 Å². The molecule has 0 aliphatic rings. The number of nitrogens with one attached hydrogen (secondary N) is 1. The Labute approximate surface area is 81.3 Å². The SMILES string of the molecule is CC(=O)OC(C)NCC(=O)OCCl. The molecular weight excluding hydrogens is 198 g/mol. The van der Waals surface area contributed by atoms with E-state index >= 15 is 0 Å². The maximum atomic E-state index is 10.7. The highest BCUT2D eigenvalue weighted by Gasteiger charge is 2.07. The maximum Gasteiger partial charge on any atom is 0.321 e. The number of carbonyl (C=O) groups excluding carboxylic acids is 2. The van der Waals surface area contributed by atoms with Gasteiger partial charge in [-0.2, -0.15) is 0 Å². The van der Waals surface area contributed by atoms with Gasteiger partial charge in [-0.25, -0.2) is 0 Å². The lowest BCUT2D eigenvalue weighted by Gasteiger charge is -2.12. The van der Waals surface area contributed by atoms with Crippen molar-refractivity contribution < 1.29 is 19.1 Å². The highest BCUT2D eigenvalue weighted by Crippen LogP contribution is 1.87. The Hall–Kier alpha value is -0.810. The van der Waals surface area contributed by atoms with Crippen LogP contribution in [0.1, 0.15) is 13.8 Å². The first kappa shape index (κ1) is 12.2. The zero-order valence-corrected chi connectivity index (χ0v) is 8.26. The quantitative estimate of drug-likeness (QED) is 0.399. The van der Waals surface area contributed by atoms with Gasteiger partial charge in [-0.15, -0.1) is 0 Å². The summed E-state index contributed by atoms with van der Waals surface area (Å²) in [5, 5.41) is 2.62. The van der Waals surface area contributed by atoms with Gasteiger partial charge in [-0.3, -0.25) is 14.9 Å². The van der Waals surface area contributed by atoms with Gasteiger partial charge in [0.15, 0.2) is 12.3 Å². The van der Waals surface area contributed by atoms with Crippen molar-refractivity contribution in [2.24, 2.45) is 0 Å². The third-order valence-electron chi connectivity index (χ3n) is 1.09. The van der Waals surface area contributed by atoms with Crippen molar-refractivity contribution in [3.05, 3.63) is 0 Å². The second-order valence-corrected chi connectivity index (χ2v) is 2.48. The molecule has 0 radical (unpaired) electrons. The Kier molecular flexibility index (Phi) is 6.26. The fraction of sp³-hybridized carbons (Fsp3) is 0.714. The van der Waals surface area contributed by atoms with E-state index in [0.717, 1.165) is 0 Å². The maximum absolute atomic E-state index is 10.7. The van der Waals surface area contributed by atoms with Gasteiger partial charge >= 0.3 is 11.9 Å². The molecule has 0 aliphatic carbocycles. The molecule has 0 aromatic carbocycles. The van der Waals surface area contributed by atoms with Gasteiger partial charge in [-0.05, 0) is 6.92 Å². The second-order valence-electron chi connectivity index (χ2n) is 2.26. The van der Waals surface area contributed by atoms with Crippen LogP contribution in [0.5, 0.6) is 0 Å². The van der Waals surface area contributed by atoms with Crippen molar-refractivity contribution in [3.8, 4) is 0 Å². The third-order valence-corrected chi connectivity index (χ3v) is 1.20. The molecule has 0 spiro atoms. The summed E-state index contributed by atoms with van der Waals surface area (Å²) < 4.78 is 9.11. The van der Waals surface area contributed by atoms with Gasteiger partial charge in [0, 0.05) is 6.92 Å². The molecule has 0 fully saturated rings. The van der Waals surface area contributed by atoms with Gasteiger partial charge < -0.3 is 9.47 Å². The first-order valence-corrected chi connectivity index (χ1v) is 4.22. The molecular formula is C7H12ClNO4. The molecule has 1 unspecified atom stereocenters. The van der Waals surface area contributed by atoms with Crippen LogP contribution >= 0.6 is 11.6 Å². The van der Waals surface area contributed by atoms with Crippen LogP contribution in [0.3, 0.4) is 0 Å². The van der Waals surface area contributed by atoms with Crippen molar-refractivity contribution in [1.82, 2.24) is 5.32 Å². The van der Waals surface area contributed by atoms with Crippen molar-refractivity contribution in [2.45, 2.75) is 20.1 Å². The number of carbonyl (C=O) groups is 2. The van der Waals surface area contributed by atoms with E-state index < -0.39 is 18.2 Å². The van der Waals surface area contributed by atoms with E-state index in [2.05, 4.69) is 14.8 Å². The number of ether oxygens (including phenoxy) is 2. The second kappa shape index (κ2) is 6.68. The summed E-state index contributed by atoms with van der Waals surface area (Å²) in [7, 11) is 0. The van der Waals surface area contributed by atoms with Gasteiger partial charge in [0.05, 0.1) is 6.54 Å². The monoisotopic (exact) mass is 209 g/mol. The summed E-state index contributed by atoms with van der Waals surface area (Å²) in [6, 6.07) is -0.178. The molecule has 6 heteroatoms. The van der Waals surface area contributed by atoms with Crippen molar-refractivity contribution in [2.75, 3.05) is 12.6 Å². The Bertz CT molecular complexity index is 185. The summed E-state index contributed by atoms with van der Waals surface area (Å²) in [4.78, 5) is 21.1. The predicted molar refractivity (Wildman–Crippen MR) is 46.0 cm³/mol. The topological polar surface area (TPSA) is 64.6 Å². The average molecular weight is 210 g/mol. The van der Waals surface area contributed by atoms with E-state index in [4.69, 9.17) is 11.6 Å². The van der Waals surface area contributed by atoms with Gasteiger partial charge in [-0.1, -0.05) is 11.6 Å². The van der Waals surface area contributed by atoms with E-state index in [-0.39, 0.29) is 12.6 Å². The molecule has 0 heterocycles. The molecule has 0 amide bonds. The molecule has 13 heavy (non-hydrogen) atoms. The molecule has 76 valence electrons. The van der Waals surface area contributed by atoms with Crippen LogP contribution in [-0.2, 0) is 19.1 Å². The van der Waals surface area contributed by atoms with Crippen LogP contribution in [0.2, 0.25) is 0 Å².